The van der Waals surface area contributed by atoms with Crippen molar-refractivity contribution in [2.45, 2.75) is 212 Å². The van der Waals surface area contributed by atoms with E-state index in [9.17, 15) is 30.0 Å². The van der Waals surface area contributed by atoms with Crippen LogP contribution in [0.4, 0.5) is 0 Å². The molecule has 0 saturated carbocycles. The first kappa shape index (κ1) is 43.0. The molecule has 4 N–H and O–H groups in total. The van der Waals surface area contributed by atoms with E-state index in [-0.39, 0.29) is 47.8 Å². The number of aliphatic hydroxyl groups excluding tert-OH is 2. The summed E-state index contributed by atoms with van der Waals surface area (Å²) in [5, 5.41) is 44.1. The van der Waals surface area contributed by atoms with Crippen LogP contribution in [0.1, 0.15) is 146 Å². The minimum atomic E-state index is -1.28. The molecule has 5 rings (SSSR count). The predicted molar refractivity (Wildman–Crippen MR) is 199 cm³/mol. The lowest BCUT2D eigenvalue weighted by Gasteiger charge is -2.56. The van der Waals surface area contributed by atoms with Gasteiger partial charge in [0.25, 0.3) is 0 Å². The minimum Gasteiger partial charge on any atom is -0.481 e. The smallest absolute Gasteiger partial charge is 0.309 e. The highest BCUT2D eigenvalue weighted by Crippen LogP contribution is 2.56. The summed E-state index contributed by atoms with van der Waals surface area (Å²) >= 11 is 0. The maximum absolute atomic E-state index is 14.5. The number of aliphatic hydroxyl groups is 3. The van der Waals surface area contributed by atoms with Crippen molar-refractivity contribution in [2.75, 3.05) is 0 Å². The van der Waals surface area contributed by atoms with Crippen LogP contribution in [0.15, 0.2) is 0 Å². The average molecular weight is 753 g/mol. The van der Waals surface area contributed by atoms with Crippen LogP contribution in [-0.4, -0.2) is 97.7 Å². The normalized spacial score (nSPS) is 46.5. The van der Waals surface area contributed by atoms with Crippen molar-refractivity contribution >= 4 is 11.8 Å². The third-order valence-electron chi connectivity index (χ3n) is 14.9. The number of hydrogen-bond acceptors (Lipinski definition) is 10. The van der Waals surface area contributed by atoms with E-state index >= 15 is 0 Å². The Morgan fingerprint density at radius 3 is 2.09 bits per heavy atom. The lowest BCUT2D eigenvalue weighted by Crippen LogP contribution is -2.65. The van der Waals surface area contributed by atoms with E-state index < -0.39 is 70.9 Å². The third-order valence-corrected chi connectivity index (χ3v) is 14.9. The van der Waals surface area contributed by atoms with Crippen molar-refractivity contribution < 1.29 is 53.7 Å². The topological polar surface area (TPSA) is 161 Å². The average Bonchev–Trinajstić information content (AvgIpc) is 3.47. The van der Waals surface area contributed by atoms with Gasteiger partial charge in [0.2, 0.25) is 0 Å². The Morgan fingerprint density at radius 1 is 0.811 bits per heavy atom. The van der Waals surface area contributed by atoms with Gasteiger partial charge in [-0.15, -0.1) is 0 Å². The highest BCUT2D eigenvalue weighted by Gasteiger charge is 2.64. The summed E-state index contributed by atoms with van der Waals surface area (Å²) in [7, 11) is 0. The van der Waals surface area contributed by atoms with Gasteiger partial charge in [-0.25, -0.2) is 0 Å². The number of carbonyl (C=O) groups is 2. The maximum atomic E-state index is 14.5. The minimum absolute atomic E-state index is 0.0228. The van der Waals surface area contributed by atoms with Gasteiger partial charge in [-0.2, -0.15) is 0 Å². The Morgan fingerprint density at radius 2 is 1.49 bits per heavy atom. The Bertz CT molecular complexity index is 1280. The zero-order valence-electron chi connectivity index (χ0n) is 34.2. The second kappa shape index (κ2) is 16.4. The highest BCUT2D eigenvalue weighted by atomic mass is 16.8. The zero-order chi connectivity index (χ0) is 39.3. The Labute approximate surface area is 318 Å². The standard InChI is InChI=1S/C42H72O11/c1-11-29(38(46)47)31-15-14-23(4)36(50-31)27(8)34(44)26(7)35(45)30(12-2)37-24(5)22-25(6)41(51-37)19-16-32(43)42(53-41)21-20-39(10,52-42)33-17-18-40(48,13-3)28(9)49-33/h23-34,36-37,43-44,48H,11-22H2,1-10H3,(H,46,47). The number of aliphatic carboxylic acids is 1. The quantitative estimate of drug-likeness (QED) is 0.174. The molecule has 0 aromatic carbocycles. The molecular weight excluding hydrogens is 680 g/mol. The molecule has 53 heavy (non-hydrogen) atoms. The van der Waals surface area contributed by atoms with Crippen molar-refractivity contribution in [3.63, 3.8) is 0 Å². The van der Waals surface area contributed by atoms with Crippen LogP contribution >= 0.6 is 0 Å². The number of carboxylic acids is 1. The molecule has 306 valence electrons. The van der Waals surface area contributed by atoms with E-state index in [0.717, 1.165) is 12.8 Å². The first-order chi connectivity index (χ1) is 24.8. The van der Waals surface area contributed by atoms with Crippen LogP contribution in [0.3, 0.4) is 0 Å². The summed E-state index contributed by atoms with van der Waals surface area (Å²) in [4.78, 5) is 26.4. The van der Waals surface area contributed by atoms with Crippen molar-refractivity contribution in [1.82, 2.24) is 0 Å². The van der Waals surface area contributed by atoms with Crippen LogP contribution in [0.25, 0.3) is 0 Å². The van der Waals surface area contributed by atoms with Crippen molar-refractivity contribution in [3.8, 4) is 0 Å². The lowest BCUT2D eigenvalue weighted by molar-refractivity contribution is -0.442. The number of carbonyl (C=O) groups excluding carboxylic acids is 1. The molecule has 18 atom stereocenters. The lowest BCUT2D eigenvalue weighted by atomic mass is 9.72. The molecule has 0 amide bonds. The van der Waals surface area contributed by atoms with E-state index in [4.69, 9.17) is 23.7 Å². The molecular formula is C42H72O11. The van der Waals surface area contributed by atoms with E-state index in [1.54, 1.807) is 6.92 Å². The van der Waals surface area contributed by atoms with Gasteiger partial charge in [0.1, 0.15) is 11.9 Å². The van der Waals surface area contributed by atoms with Crippen LogP contribution in [0.5, 0.6) is 0 Å². The molecule has 0 aliphatic carbocycles. The van der Waals surface area contributed by atoms with Gasteiger partial charge >= 0.3 is 5.97 Å². The van der Waals surface area contributed by atoms with Crippen LogP contribution in [0, 0.1) is 41.4 Å². The summed E-state index contributed by atoms with van der Waals surface area (Å²) < 4.78 is 33.7. The second-order valence-corrected chi connectivity index (χ2v) is 18.3. The monoisotopic (exact) mass is 753 g/mol. The van der Waals surface area contributed by atoms with E-state index in [0.29, 0.717) is 64.2 Å². The second-order valence-electron chi connectivity index (χ2n) is 18.3. The fourth-order valence-electron chi connectivity index (χ4n) is 10.9. The molecule has 18 unspecified atom stereocenters. The van der Waals surface area contributed by atoms with Gasteiger partial charge in [-0.05, 0) is 89.9 Å². The van der Waals surface area contributed by atoms with Crippen molar-refractivity contribution in [1.29, 1.82) is 0 Å². The van der Waals surface area contributed by atoms with Crippen LogP contribution < -0.4 is 0 Å². The molecule has 5 saturated heterocycles. The summed E-state index contributed by atoms with van der Waals surface area (Å²) in [6.07, 6.45) is 3.41. The van der Waals surface area contributed by atoms with E-state index in [1.807, 2.05) is 41.5 Å². The molecule has 11 heteroatoms. The Hall–Kier alpha value is -1.18. The van der Waals surface area contributed by atoms with Crippen molar-refractivity contribution in [2.24, 2.45) is 41.4 Å². The van der Waals surface area contributed by atoms with Crippen LogP contribution in [-0.2, 0) is 33.3 Å². The highest BCUT2D eigenvalue weighted by molar-refractivity contribution is 5.84. The summed E-state index contributed by atoms with van der Waals surface area (Å²) in [5.74, 6) is -5.29. The summed E-state index contributed by atoms with van der Waals surface area (Å²) in [6, 6.07) is 0. The molecule has 11 nitrogen and oxygen atoms in total. The first-order valence-electron chi connectivity index (χ1n) is 21.0. The zero-order valence-corrected chi connectivity index (χ0v) is 34.2. The van der Waals surface area contributed by atoms with Crippen molar-refractivity contribution in [3.05, 3.63) is 0 Å². The number of ketones is 1. The fraction of sp³-hybridized carbons (Fsp3) is 0.952. The molecule has 0 bridgehead atoms. The van der Waals surface area contributed by atoms with Gasteiger partial charge in [-0.3, -0.25) is 9.59 Å². The van der Waals surface area contributed by atoms with Gasteiger partial charge < -0.3 is 44.1 Å². The van der Waals surface area contributed by atoms with E-state index in [1.165, 1.54) is 0 Å². The van der Waals surface area contributed by atoms with Gasteiger partial charge in [0, 0.05) is 36.5 Å². The van der Waals surface area contributed by atoms with Gasteiger partial charge in [-0.1, -0.05) is 55.4 Å². The number of ether oxygens (including phenoxy) is 5. The predicted octanol–water partition coefficient (Wildman–Crippen LogP) is 6.41. The van der Waals surface area contributed by atoms with Crippen LogP contribution in [0.2, 0.25) is 0 Å². The largest absolute Gasteiger partial charge is 0.481 e. The number of rotatable bonds is 12. The molecule has 5 aliphatic rings. The molecule has 2 spiro atoms. The maximum Gasteiger partial charge on any atom is 0.309 e. The SMILES string of the molecule is CCC(C(=O)O)C1CCC(C)C(C(C)C(O)C(C)C(=O)C(CC)C2OC3(CCC(O)C4(CCC(C)(C5CCC(O)(CC)C(C)O5)O4)O3)C(C)CC2C)O1. The number of Topliss-reactive ketones (excluding diaryl/α,β-unsaturated/α-hetero) is 1. The molecule has 5 fully saturated rings. The molecule has 0 radical (unpaired) electrons. The molecule has 0 aromatic heterocycles. The number of carboxylic acid groups (broad SMARTS) is 1. The van der Waals surface area contributed by atoms with E-state index in [2.05, 4.69) is 20.8 Å². The van der Waals surface area contributed by atoms with Gasteiger partial charge in [0.15, 0.2) is 11.6 Å². The Kier molecular flexibility index (Phi) is 13.3. The molecule has 5 heterocycles. The molecule has 5 aliphatic heterocycles. The summed E-state index contributed by atoms with van der Waals surface area (Å²) in [5.41, 5.74) is -1.59. The fourth-order valence-corrected chi connectivity index (χ4v) is 10.9. The van der Waals surface area contributed by atoms with Gasteiger partial charge in [0.05, 0.1) is 53.7 Å². The summed E-state index contributed by atoms with van der Waals surface area (Å²) in [6.45, 7) is 19.8. The Balaban J connectivity index is 1.30. The number of hydrogen-bond donors (Lipinski definition) is 4. The molecule has 0 aromatic rings. The first-order valence-corrected chi connectivity index (χ1v) is 21.0. The third kappa shape index (κ3) is 8.03.